The molecule has 2 aromatic carbocycles. The van der Waals surface area contributed by atoms with Crippen LogP contribution in [0.2, 0.25) is 5.02 Å². The van der Waals surface area contributed by atoms with Crippen molar-refractivity contribution in [3.8, 4) is 17.1 Å². The number of furan rings is 1. The average molecular weight is 427 g/mol. The third kappa shape index (κ3) is 5.27. The van der Waals surface area contributed by atoms with E-state index in [1.54, 1.807) is 42.5 Å². The van der Waals surface area contributed by atoms with E-state index in [0.29, 0.717) is 35.0 Å². The molecule has 1 heterocycles. The lowest BCUT2D eigenvalue weighted by Crippen LogP contribution is -2.17. The van der Waals surface area contributed by atoms with E-state index in [0.717, 1.165) is 6.42 Å². The Labute approximate surface area is 177 Å². The number of hydrogen-bond acceptors (Lipinski definition) is 5. The topological polar surface area (TPSA) is 101 Å². The highest BCUT2D eigenvalue weighted by atomic mass is 35.5. The Morgan fingerprint density at radius 3 is 2.63 bits per heavy atom. The van der Waals surface area contributed by atoms with Gasteiger partial charge in [0.05, 0.1) is 23.4 Å². The molecule has 1 amide bonds. The zero-order valence-corrected chi connectivity index (χ0v) is 16.8. The molecule has 0 saturated heterocycles. The summed E-state index contributed by atoms with van der Waals surface area (Å²) in [4.78, 5) is 23.4. The molecule has 0 aliphatic carbocycles. The number of nitrogens with one attached hydrogen (secondary N) is 1. The largest absolute Gasteiger partial charge is 0.494 e. The Morgan fingerprint density at radius 2 is 1.93 bits per heavy atom. The van der Waals surface area contributed by atoms with Gasteiger partial charge in [0.15, 0.2) is 0 Å². The average Bonchev–Trinajstić information content (AvgIpc) is 3.21. The van der Waals surface area contributed by atoms with E-state index in [-0.39, 0.29) is 16.5 Å². The van der Waals surface area contributed by atoms with Gasteiger partial charge in [-0.2, -0.15) is 5.10 Å². The number of halogens is 1. The van der Waals surface area contributed by atoms with Crippen molar-refractivity contribution in [1.82, 2.24) is 5.43 Å². The van der Waals surface area contributed by atoms with Crippen molar-refractivity contribution in [2.45, 2.75) is 13.3 Å². The minimum Gasteiger partial charge on any atom is -0.494 e. The van der Waals surface area contributed by atoms with Crippen LogP contribution in [0.4, 0.5) is 0 Å². The molecule has 7 nitrogen and oxygen atoms in total. The molecule has 154 valence electrons. The first-order valence-corrected chi connectivity index (χ1v) is 9.55. The number of hydrogen-bond donors (Lipinski definition) is 2. The van der Waals surface area contributed by atoms with Gasteiger partial charge in [0, 0.05) is 11.1 Å². The summed E-state index contributed by atoms with van der Waals surface area (Å²) in [5, 5.41) is 13.2. The molecule has 0 aliphatic rings. The quantitative estimate of drug-likeness (QED) is 0.396. The summed E-state index contributed by atoms with van der Waals surface area (Å²) in [5.41, 5.74) is 3.41. The van der Waals surface area contributed by atoms with Crippen LogP contribution in [0.3, 0.4) is 0 Å². The zero-order valence-electron chi connectivity index (χ0n) is 16.1. The van der Waals surface area contributed by atoms with Crippen LogP contribution in [0.5, 0.6) is 5.75 Å². The minimum absolute atomic E-state index is 0.0147. The maximum absolute atomic E-state index is 12.2. The van der Waals surface area contributed by atoms with E-state index >= 15 is 0 Å². The predicted molar refractivity (Wildman–Crippen MR) is 113 cm³/mol. The molecule has 0 bridgehead atoms. The summed E-state index contributed by atoms with van der Waals surface area (Å²) in [6.07, 6.45) is 2.26. The Hall–Kier alpha value is -3.58. The molecule has 8 heteroatoms. The molecule has 0 fully saturated rings. The third-order valence-corrected chi connectivity index (χ3v) is 4.38. The number of amides is 1. The lowest BCUT2D eigenvalue weighted by atomic mass is 10.1. The lowest BCUT2D eigenvalue weighted by molar-refractivity contribution is 0.0697. The van der Waals surface area contributed by atoms with Gasteiger partial charge in [-0.1, -0.05) is 18.5 Å². The Balaban J connectivity index is 1.62. The van der Waals surface area contributed by atoms with Crippen LogP contribution in [-0.2, 0) is 0 Å². The van der Waals surface area contributed by atoms with Gasteiger partial charge < -0.3 is 14.3 Å². The highest BCUT2D eigenvalue weighted by Crippen LogP contribution is 2.26. The van der Waals surface area contributed by atoms with Crippen LogP contribution in [0.15, 0.2) is 64.1 Å². The SMILES string of the molecule is CCCOc1ccc(C(=O)N/N=C\c2ccc(-c3ccc(Cl)c(C(=O)O)c3)o2)cc1. The van der Waals surface area contributed by atoms with E-state index < -0.39 is 5.97 Å². The summed E-state index contributed by atoms with van der Waals surface area (Å²) in [6, 6.07) is 14.7. The molecule has 0 atom stereocenters. The van der Waals surface area contributed by atoms with Gasteiger partial charge >= 0.3 is 5.97 Å². The summed E-state index contributed by atoms with van der Waals surface area (Å²) >= 11 is 5.88. The number of ether oxygens (including phenoxy) is 1. The molecule has 0 radical (unpaired) electrons. The van der Waals surface area contributed by atoms with Gasteiger partial charge in [0.2, 0.25) is 0 Å². The maximum atomic E-state index is 12.2. The van der Waals surface area contributed by atoms with E-state index in [2.05, 4.69) is 10.5 Å². The van der Waals surface area contributed by atoms with E-state index in [1.807, 2.05) is 6.92 Å². The molecule has 0 spiro atoms. The van der Waals surface area contributed by atoms with Crippen LogP contribution in [0.25, 0.3) is 11.3 Å². The second-order valence-electron chi connectivity index (χ2n) is 6.27. The summed E-state index contributed by atoms with van der Waals surface area (Å²) in [7, 11) is 0. The molecule has 1 aromatic heterocycles. The summed E-state index contributed by atoms with van der Waals surface area (Å²) < 4.78 is 11.1. The van der Waals surface area contributed by atoms with Gasteiger partial charge in [-0.05, 0) is 61.0 Å². The van der Waals surface area contributed by atoms with E-state index in [9.17, 15) is 14.7 Å². The van der Waals surface area contributed by atoms with E-state index in [1.165, 1.54) is 18.3 Å². The fraction of sp³-hybridized carbons (Fsp3) is 0.136. The van der Waals surface area contributed by atoms with Crippen LogP contribution in [0, 0.1) is 0 Å². The van der Waals surface area contributed by atoms with Crippen molar-refractivity contribution < 1.29 is 23.8 Å². The van der Waals surface area contributed by atoms with Gasteiger partial charge in [-0.15, -0.1) is 0 Å². The van der Waals surface area contributed by atoms with Gasteiger partial charge in [-0.3, -0.25) is 4.79 Å². The van der Waals surface area contributed by atoms with Crippen molar-refractivity contribution in [2.24, 2.45) is 5.10 Å². The molecule has 2 N–H and O–H groups in total. The second kappa shape index (κ2) is 9.76. The molecule has 3 aromatic rings. The first-order chi connectivity index (χ1) is 14.5. The fourth-order valence-corrected chi connectivity index (χ4v) is 2.76. The predicted octanol–water partition coefficient (Wildman–Crippen LogP) is 4.85. The number of rotatable bonds is 8. The van der Waals surface area contributed by atoms with Gasteiger partial charge in [0.1, 0.15) is 17.3 Å². The highest BCUT2D eigenvalue weighted by Gasteiger charge is 2.12. The molecule has 30 heavy (non-hydrogen) atoms. The zero-order chi connectivity index (χ0) is 21.5. The Morgan fingerprint density at radius 1 is 1.17 bits per heavy atom. The number of carbonyl (C=O) groups is 2. The van der Waals surface area contributed by atoms with Gasteiger partial charge in [0.25, 0.3) is 5.91 Å². The summed E-state index contributed by atoms with van der Waals surface area (Å²) in [6.45, 7) is 2.64. The monoisotopic (exact) mass is 426 g/mol. The van der Waals surface area contributed by atoms with Gasteiger partial charge in [-0.25, -0.2) is 10.2 Å². The Kier molecular flexibility index (Phi) is 6.87. The normalized spacial score (nSPS) is 10.9. The number of benzene rings is 2. The van der Waals surface area contributed by atoms with Crippen molar-refractivity contribution in [3.05, 3.63) is 76.5 Å². The molecule has 0 unspecified atom stereocenters. The van der Waals surface area contributed by atoms with Crippen molar-refractivity contribution in [2.75, 3.05) is 6.61 Å². The van der Waals surface area contributed by atoms with Crippen molar-refractivity contribution >= 4 is 29.7 Å². The molecule has 0 aliphatic heterocycles. The smallest absolute Gasteiger partial charge is 0.337 e. The standard InChI is InChI=1S/C22H19ClN2O5/c1-2-11-29-16-6-3-14(4-7-16)21(26)25-24-13-17-8-10-20(30-17)15-5-9-19(23)18(12-15)22(27)28/h3-10,12-13H,2,11H2,1H3,(H,25,26)(H,27,28)/b24-13-. The van der Waals surface area contributed by atoms with Crippen LogP contribution >= 0.6 is 11.6 Å². The number of carboxylic acid groups (broad SMARTS) is 1. The van der Waals surface area contributed by atoms with Crippen LogP contribution in [-0.4, -0.2) is 29.8 Å². The van der Waals surface area contributed by atoms with Crippen molar-refractivity contribution in [1.29, 1.82) is 0 Å². The second-order valence-corrected chi connectivity index (χ2v) is 6.68. The number of aromatic carboxylic acids is 1. The fourth-order valence-electron chi connectivity index (χ4n) is 2.56. The number of nitrogens with zero attached hydrogens (tertiary/aromatic N) is 1. The highest BCUT2D eigenvalue weighted by molar-refractivity contribution is 6.33. The molecule has 0 saturated carbocycles. The maximum Gasteiger partial charge on any atom is 0.337 e. The van der Waals surface area contributed by atoms with Crippen molar-refractivity contribution in [3.63, 3.8) is 0 Å². The van der Waals surface area contributed by atoms with Crippen LogP contribution in [0.1, 0.15) is 39.8 Å². The van der Waals surface area contributed by atoms with Crippen LogP contribution < -0.4 is 10.2 Å². The van der Waals surface area contributed by atoms with E-state index in [4.69, 9.17) is 20.8 Å². The Bertz CT molecular complexity index is 1070. The lowest BCUT2D eigenvalue weighted by Gasteiger charge is -2.05. The summed E-state index contributed by atoms with van der Waals surface area (Å²) in [5.74, 6) is 0.0463. The first kappa shape index (κ1) is 21.1. The number of hydrazone groups is 1. The number of carboxylic acids is 1. The number of carbonyl (C=O) groups excluding carboxylic acids is 1. The first-order valence-electron chi connectivity index (χ1n) is 9.17. The third-order valence-electron chi connectivity index (χ3n) is 4.06. The minimum atomic E-state index is -1.12. The molecular formula is C22H19ClN2O5. The molecular weight excluding hydrogens is 408 g/mol. The molecule has 3 rings (SSSR count).